The van der Waals surface area contributed by atoms with Crippen LogP contribution in [0.3, 0.4) is 0 Å². The van der Waals surface area contributed by atoms with Crippen LogP contribution in [-0.2, 0) is 6.42 Å². The highest BCUT2D eigenvalue weighted by molar-refractivity contribution is 5.55. The van der Waals surface area contributed by atoms with Gasteiger partial charge in [-0.15, -0.1) is 10.2 Å². The zero-order valence-corrected chi connectivity index (χ0v) is 15.1. The summed E-state index contributed by atoms with van der Waals surface area (Å²) in [6, 6.07) is 9.58. The molecule has 1 saturated heterocycles. The molecule has 0 bridgehead atoms. The lowest BCUT2D eigenvalue weighted by Crippen LogP contribution is -2.47. The summed E-state index contributed by atoms with van der Waals surface area (Å²) in [4.78, 5) is 16.5. The van der Waals surface area contributed by atoms with Gasteiger partial charge in [-0.05, 0) is 30.7 Å². The Hall–Kier alpha value is -3.16. The smallest absolute Gasteiger partial charge is 0.187 e. The van der Waals surface area contributed by atoms with Gasteiger partial charge in [0.25, 0.3) is 0 Å². The Balaban J connectivity index is 1.44. The molecule has 1 aliphatic rings. The van der Waals surface area contributed by atoms with E-state index in [0.717, 1.165) is 30.3 Å². The summed E-state index contributed by atoms with van der Waals surface area (Å²) in [5.74, 6) is 0.887. The van der Waals surface area contributed by atoms with E-state index < -0.39 is 0 Å². The Morgan fingerprint density at radius 1 is 0.889 bits per heavy atom. The number of rotatable bonds is 4. The molecule has 0 saturated carbocycles. The third kappa shape index (κ3) is 3.55. The van der Waals surface area contributed by atoms with Crippen molar-refractivity contribution < 1.29 is 4.39 Å². The average Bonchev–Trinajstić information content (AvgIpc) is 2.75. The number of halogens is 1. The fourth-order valence-electron chi connectivity index (χ4n) is 3.15. The first-order chi connectivity index (χ1) is 13.3. The van der Waals surface area contributed by atoms with Gasteiger partial charge >= 0.3 is 0 Å². The molecule has 0 aliphatic carbocycles. The second kappa shape index (κ2) is 7.61. The molecule has 27 heavy (non-hydrogen) atoms. The number of anilines is 2. The summed E-state index contributed by atoms with van der Waals surface area (Å²) >= 11 is 0. The number of hydrogen-bond donors (Lipinski definition) is 0. The predicted octanol–water partition coefficient (Wildman–Crippen LogP) is 2.36. The van der Waals surface area contributed by atoms with Crippen molar-refractivity contribution in [1.82, 2.24) is 25.1 Å². The van der Waals surface area contributed by atoms with E-state index in [4.69, 9.17) is 0 Å². The van der Waals surface area contributed by atoms with Gasteiger partial charge in [-0.25, -0.2) is 14.4 Å². The Bertz CT molecular complexity index is 894. The number of nitrogens with zero attached hydrogens (tertiary/aromatic N) is 7. The van der Waals surface area contributed by atoms with Crippen LogP contribution in [0.25, 0.3) is 11.4 Å². The molecule has 0 amide bonds. The molecule has 4 heterocycles. The number of aryl methyl sites for hydroxylation is 1. The molecule has 0 atom stereocenters. The second-order valence-electron chi connectivity index (χ2n) is 6.28. The lowest BCUT2D eigenvalue weighted by molar-refractivity contribution is 0.567. The number of piperazine rings is 1. The summed E-state index contributed by atoms with van der Waals surface area (Å²) in [5.41, 5.74) is 2.00. The third-order valence-corrected chi connectivity index (χ3v) is 4.66. The molecule has 0 N–H and O–H groups in total. The maximum absolute atomic E-state index is 14.5. The molecule has 7 nitrogen and oxygen atoms in total. The van der Waals surface area contributed by atoms with E-state index in [0.29, 0.717) is 31.0 Å². The largest absolute Gasteiger partial charge is 0.352 e. The minimum atomic E-state index is -0.312. The summed E-state index contributed by atoms with van der Waals surface area (Å²) in [5, 5.41) is 8.63. The summed E-state index contributed by atoms with van der Waals surface area (Å²) in [7, 11) is 0. The molecule has 3 aromatic heterocycles. The standard InChI is InChI=1S/C19H20FN7/c1-2-14-18(20)19(23-13-22-14)27-11-9-26(10-12-27)17-7-6-16(24-25-17)15-5-3-4-8-21-15/h3-8,13H,2,9-12H2,1H3. The molecule has 1 fully saturated rings. The molecule has 0 radical (unpaired) electrons. The molecule has 1 aliphatic heterocycles. The minimum Gasteiger partial charge on any atom is -0.352 e. The number of aromatic nitrogens is 5. The molecule has 138 valence electrons. The lowest BCUT2D eigenvalue weighted by Gasteiger charge is -2.35. The van der Waals surface area contributed by atoms with E-state index in [-0.39, 0.29) is 5.82 Å². The van der Waals surface area contributed by atoms with Crippen LogP contribution in [-0.4, -0.2) is 51.3 Å². The van der Waals surface area contributed by atoms with Gasteiger partial charge in [-0.1, -0.05) is 13.0 Å². The number of hydrogen-bond acceptors (Lipinski definition) is 7. The van der Waals surface area contributed by atoms with Crippen LogP contribution in [0.5, 0.6) is 0 Å². The highest BCUT2D eigenvalue weighted by Crippen LogP contribution is 2.22. The number of pyridine rings is 1. The molecular weight excluding hydrogens is 345 g/mol. The van der Waals surface area contributed by atoms with Crippen molar-refractivity contribution in [2.75, 3.05) is 36.0 Å². The van der Waals surface area contributed by atoms with Gasteiger partial charge in [0.15, 0.2) is 17.5 Å². The fraction of sp³-hybridized carbons (Fsp3) is 0.316. The van der Waals surface area contributed by atoms with Crippen LogP contribution in [0.2, 0.25) is 0 Å². The van der Waals surface area contributed by atoms with Crippen LogP contribution >= 0.6 is 0 Å². The van der Waals surface area contributed by atoms with Crippen LogP contribution in [0.1, 0.15) is 12.6 Å². The van der Waals surface area contributed by atoms with Crippen LogP contribution in [0.4, 0.5) is 16.0 Å². The first kappa shape index (κ1) is 17.3. The molecule has 8 heteroatoms. The minimum absolute atomic E-state index is 0.312. The molecule has 4 rings (SSSR count). The van der Waals surface area contributed by atoms with Gasteiger partial charge in [0.05, 0.1) is 11.4 Å². The Morgan fingerprint density at radius 2 is 1.70 bits per heavy atom. The summed E-state index contributed by atoms with van der Waals surface area (Å²) < 4.78 is 14.5. The Labute approximate surface area is 156 Å². The van der Waals surface area contributed by atoms with E-state index in [1.165, 1.54) is 6.33 Å². The third-order valence-electron chi connectivity index (χ3n) is 4.66. The summed E-state index contributed by atoms with van der Waals surface area (Å²) in [6.45, 7) is 4.67. The van der Waals surface area contributed by atoms with E-state index in [1.54, 1.807) is 6.20 Å². The quantitative estimate of drug-likeness (QED) is 0.703. The van der Waals surface area contributed by atoms with Crippen molar-refractivity contribution in [3.05, 3.63) is 54.4 Å². The van der Waals surface area contributed by atoms with Crippen LogP contribution in [0.15, 0.2) is 42.9 Å². The molecule has 0 aromatic carbocycles. The normalized spacial score (nSPS) is 14.4. The van der Waals surface area contributed by atoms with Crippen LogP contribution in [0, 0.1) is 5.82 Å². The lowest BCUT2D eigenvalue weighted by atomic mass is 10.2. The van der Waals surface area contributed by atoms with Crippen LogP contribution < -0.4 is 9.80 Å². The molecule has 0 spiro atoms. The van der Waals surface area contributed by atoms with E-state index in [9.17, 15) is 4.39 Å². The summed E-state index contributed by atoms with van der Waals surface area (Å²) in [6.07, 6.45) is 3.73. The Morgan fingerprint density at radius 3 is 2.37 bits per heavy atom. The van der Waals surface area contributed by atoms with Gasteiger partial charge in [0.2, 0.25) is 0 Å². The highest BCUT2D eigenvalue weighted by atomic mass is 19.1. The van der Waals surface area contributed by atoms with E-state index in [2.05, 4.69) is 30.0 Å². The van der Waals surface area contributed by atoms with Gasteiger partial charge in [0.1, 0.15) is 12.0 Å². The first-order valence-electron chi connectivity index (χ1n) is 9.00. The van der Waals surface area contributed by atoms with Gasteiger partial charge in [-0.3, -0.25) is 4.98 Å². The van der Waals surface area contributed by atoms with Crippen molar-refractivity contribution in [2.24, 2.45) is 0 Å². The molecule has 3 aromatic rings. The molecular formula is C19H20FN7. The van der Waals surface area contributed by atoms with Crippen molar-refractivity contribution >= 4 is 11.6 Å². The van der Waals surface area contributed by atoms with Crippen molar-refractivity contribution in [3.63, 3.8) is 0 Å². The van der Waals surface area contributed by atoms with Crippen molar-refractivity contribution in [2.45, 2.75) is 13.3 Å². The second-order valence-corrected chi connectivity index (χ2v) is 6.28. The predicted molar refractivity (Wildman–Crippen MR) is 101 cm³/mol. The van der Waals surface area contributed by atoms with E-state index >= 15 is 0 Å². The van der Waals surface area contributed by atoms with Gasteiger partial charge in [-0.2, -0.15) is 0 Å². The topological polar surface area (TPSA) is 70.9 Å². The van der Waals surface area contributed by atoms with Crippen molar-refractivity contribution in [1.29, 1.82) is 0 Å². The maximum atomic E-state index is 14.5. The van der Waals surface area contributed by atoms with Crippen molar-refractivity contribution in [3.8, 4) is 11.4 Å². The average molecular weight is 365 g/mol. The highest BCUT2D eigenvalue weighted by Gasteiger charge is 2.23. The maximum Gasteiger partial charge on any atom is 0.187 e. The first-order valence-corrected chi connectivity index (χ1v) is 9.00. The van der Waals surface area contributed by atoms with Gasteiger partial charge in [0, 0.05) is 32.4 Å². The molecule has 0 unspecified atom stereocenters. The zero-order chi connectivity index (χ0) is 18.6. The monoisotopic (exact) mass is 365 g/mol. The van der Waals surface area contributed by atoms with Gasteiger partial charge < -0.3 is 9.80 Å². The SMILES string of the molecule is CCc1ncnc(N2CCN(c3ccc(-c4ccccn4)nn3)CC2)c1F. The zero-order valence-electron chi connectivity index (χ0n) is 15.1. The fourth-order valence-corrected chi connectivity index (χ4v) is 3.15. The Kier molecular flexibility index (Phi) is 4.86. The van der Waals surface area contributed by atoms with E-state index in [1.807, 2.05) is 42.2 Å².